The van der Waals surface area contributed by atoms with Gasteiger partial charge in [-0.3, -0.25) is 9.59 Å². The van der Waals surface area contributed by atoms with E-state index in [-0.39, 0.29) is 23.6 Å². The highest BCUT2D eigenvalue weighted by Crippen LogP contribution is 2.30. The van der Waals surface area contributed by atoms with E-state index in [4.69, 9.17) is 16.9 Å². The largest absolute Gasteiger partial charge is 0.478 e. The number of carbonyl (C=O) groups excluding carboxylic acids is 2. The van der Waals surface area contributed by atoms with Crippen molar-refractivity contribution in [3.05, 3.63) is 69.5 Å². The SMILES string of the molecule is N#CB1CCC(C(=O)c2cc(F)c(C(=O)c3ccc(Cl)cc3)c(C(=O)O)c2)CC1. The number of benzene rings is 2. The summed E-state index contributed by atoms with van der Waals surface area (Å²) in [6.45, 7) is -0.0928. The lowest BCUT2D eigenvalue weighted by molar-refractivity contribution is 0.0692. The van der Waals surface area contributed by atoms with Gasteiger partial charge in [0.05, 0.1) is 11.1 Å². The molecule has 1 N–H and O–H groups in total. The van der Waals surface area contributed by atoms with Gasteiger partial charge in [-0.25, -0.2) is 14.4 Å². The van der Waals surface area contributed by atoms with Gasteiger partial charge in [-0.2, -0.15) is 0 Å². The molecule has 0 amide bonds. The van der Waals surface area contributed by atoms with Crippen molar-refractivity contribution in [2.45, 2.75) is 25.5 Å². The molecule has 0 saturated carbocycles. The van der Waals surface area contributed by atoms with Gasteiger partial charge in [0.15, 0.2) is 11.6 Å². The van der Waals surface area contributed by atoms with Crippen molar-refractivity contribution < 1.29 is 23.9 Å². The van der Waals surface area contributed by atoms with Crippen molar-refractivity contribution in [3.8, 4) is 5.97 Å². The molecule has 29 heavy (non-hydrogen) atoms. The second kappa shape index (κ2) is 8.58. The molecule has 5 nitrogen and oxygen atoms in total. The van der Waals surface area contributed by atoms with Crippen LogP contribution in [0.1, 0.15) is 49.5 Å². The van der Waals surface area contributed by atoms with Gasteiger partial charge in [-0.1, -0.05) is 24.2 Å². The van der Waals surface area contributed by atoms with E-state index in [0.717, 1.165) is 12.1 Å². The van der Waals surface area contributed by atoms with Crippen LogP contribution in [0.5, 0.6) is 0 Å². The Morgan fingerprint density at radius 1 is 1.10 bits per heavy atom. The number of carboxylic acid groups (broad SMARTS) is 1. The van der Waals surface area contributed by atoms with Gasteiger partial charge in [-0.05, 0) is 49.2 Å². The average molecular weight is 412 g/mol. The number of nitrogens with zero attached hydrogens (tertiary/aromatic N) is 1. The first-order valence-electron chi connectivity index (χ1n) is 9.12. The number of carboxylic acids is 1. The molecular weight excluding hydrogens is 395 g/mol. The molecule has 2 aromatic rings. The average Bonchev–Trinajstić information content (AvgIpc) is 2.72. The molecular formula is C21H16BClFNO4. The highest BCUT2D eigenvalue weighted by molar-refractivity contribution is 6.67. The summed E-state index contributed by atoms with van der Waals surface area (Å²) in [7, 11) is 0. The first kappa shape index (κ1) is 20.8. The van der Waals surface area contributed by atoms with E-state index in [1.54, 1.807) is 0 Å². The number of Topliss-reactive ketones (excluding diaryl/α,β-unsaturated/α-hetero) is 1. The quantitative estimate of drug-likeness (QED) is 0.575. The Balaban J connectivity index is 1.96. The number of hydrogen-bond donors (Lipinski definition) is 1. The van der Waals surface area contributed by atoms with E-state index in [1.165, 1.54) is 24.3 Å². The van der Waals surface area contributed by atoms with Crippen LogP contribution in [0, 0.1) is 23.0 Å². The normalized spacial score (nSPS) is 14.3. The van der Waals surface area contributed by atoms with Crippen molar-refractivity contribution >= 4 is 35.8 Å². The van der Waals surface area contributed by atoms with Crippen molar-refractivity contribution in [1.29, 1.82) is 5.26 Å². The number of nitriles is 1. The van der Waals surface area contributed by atoms with Gasteiger partial charge in [0.1, 0.15) is 5.82 Å². The van der Waals surface area contributed by atoms with Crippen LogP contribution in [-0.4, -0.2) is 29.4 Å². The maximum absolute atomic E-state index is 14.8. The summed E-state index contributed by atoms with van der Waals surface area (Å²) in [5.74, 6) is -1.93. The van der Waals surface area contributed by atoms with Crippen molar-refractivity contribution in [1.82, 2.24) is 0 Å². The van der Waals surface area contributed by atoms with E-state index in [9.17, 15) is 23.9 Å². The minimum atomic E-state index is -1.50. The van der Waals surface area contributed by atoms with Gasteiger partial charge in [-0.15, -0.1) is 0 Å². The summed E-state index contributed by atoms with van der Waals surface area (Å²) in [5.41, 5.74) is -1.14. The molecule has 1 heterocycles. The van der Waals surface area contributed by atoms with Crippen molar-refractivity contribution in [2.24, 2.45) is 5.92 Å². The molecule has 1 fully saturated rings. The number of carbonyl (C=O) groups is 3. The van der Waals surface area contributed by atoms with Gasteiger partial charge < -0.3 is 5.11 Å². The molecule has 0 radical (unpaired) electrons. The van der Waals surface area contributed by atoms with E-state index >= 15 is 0 Å². The Labute approximate surface area is 172 Å². The molecule has 1 saturated heterocycles. The lowest BCUT2D eigenvalue weighted by atomic mass is 9.41. The van der Waals surface area contributed by atoms with Gasteiger partial charge in [0, 0.05) is 28.0 Å². The zero-order valence-electron chi connectivity index (χ0n) is 15.3. The van der Waals surface area contributed by atoms with Gasteiger partial charge in [0.25, 0.3) is 6.71 Å². The minimum absolute atomic E-state index is 0.0760. The molecule has 146 valence electrons. The third kappa shape index (κ3) is 4.38. The summed E-state index contributed by atoms with van der Waals surface area (Å²) in [6, 6.07) is 7.64. The summed E-state index contributed by atoms with van der Waals surface area (Å²) in [5, 5.41) is 18.9. The van der Waals surface area contributed by atoms with Crippen LogP contribution < -0.4 is 0 Å². The Hall–Kier alpha value is -2.98. The molecule has 0 unspecified atom stereocenters. The van der Waals surface area contributed by atoms with Crippen LogP contribution in [-0.2, 0) is 0 Å². The van der Waals surface area contributed by atoms with E-state index in [0.29, 0.717) is 30.5 Å². The summed E-state index contributed by atoms with van der Waals surface area (Å²) < 4.78 is 14.8. The first-order valence-corrected chi connectivity index (χ1v) is 9.50. The van der Waals surface area contributed by atoms with Gasteiger partial charge >= 0.3 is 5.97 Å². The lowest BCUT2D eigenvalue weighted by Crippen LogP contribution is -2.26. The lowest BCUT2D eigenvalue weighted by Gasteiger charge is -2.22. The number of halogens is 2. The van der Waals surface area contributed by atoms with Crippen molar-refractivity contribution in [2.75, 3.05) is 0 Å². The summed E-state index contributed by atoms with van der Waals surface area (Å²) >= 11 is 5.79. The second-order valence-corrected chi connectivity index (χ2v) is 7.50. The third-order valence-electron chi connectivity index (χ3n) is 5.22. The van der Waals surface area contributed by atoms with Gasteiger partial charge in [0.2, 0.25) is 0 Å². The second-order valence-electron chi connectivity index (χ2n) is 7.06. The molecule has 8 heteroatoms. The molecule has 0 spiro atoms. The topological polar surface area (TPSA) is 95.2 Å². The Bertz CT molecular complexity index is 1020. The Morgan fingerprint density at radius 2 is 1.72 bits per heavy atom. The predicted molar refractivity (Wildman–Crippen MR) is 106 cm³/mol. The number of hydrogen-bond acceptors (Lipinski definition) is 4. The van der Waals surface area contributed by atoms with E-state index in [1.807, 2.05) is 0 Å². The van der Waals surface area contributed by atoms with Crippen LogP contribution in [0.25, 0.3) is 0 Å². The monoisotopic (exact) mass is 411 g/mol. The molecule has 0 bridgehead atoms. The fourth-order valence-electron chi connectivity index (χ4n) is 3.61. The standard InChI is InChI=1S/C21H16BClFNO4/c23-15-3-1-12(2-4-15)20(27)18-16(21(28)29)9-14(10-17(18)24)19(26)13-5-7-22(11-25)8-6-13/h1-4,9-10,13H,5-8H2,(H,28,29). The maximum Gasteiger partial charge on any atom is 0.336 e. The molecule has 2 aromatic carbocycles. The zero-order valence-corrected chi connectivity index (χ0v) is 16.1. The zero-order chi connectivity index (χ0) is 21.1. The number of rotatable bonds is 5. The molecule has 3 rings (SSSR count). The molecule has 1 aliphatic heterocycles. The molecule has 0 atom stereocenters. The summed E-state index contributed by atoms with van der Waals surface area (Å²) in [6.07, 6.45) is 2.14. The van der Waals surface area contributed by atoms with Crippen LogP contribution in [0.3, 0.4) is 0 Å². The third-order valence-corrected chi connectivity index (χ3v) is 5.47. The minimum Gasteiger partial charge on any atom is -0.478 e. The first-order chi connectivity index (χ1) is 13.8. The fourth-order valence-corrected chi connectivity index (χ4v) is 3.74. The molecule has 1 aliphatic rings. The Morgan fingerprint density at radius 3 is 2.28 bits per heavy atom. The van der Waals surface area contributed by atoms with Crippen molar-refractivity contribution in [3.63, 3.8) is 0 Å². The van der Waals surface area contributed by atoms with E-state index < -0.39 is 34.6 Å². The van der Waals surface area contributed by atoms with E-state index in [2.05, 4.69) is 5.97 Å². The smallest absolute Gasteiger partial charge is 0.336 e. The van der Waals surface area contributed by atoms with Crippen LogP contribution in [0.2, 0.25) is 17.7 Å². The fraction of sp³-hybridized carbons (Fsp3) is 0.238. The summed E-state index contributed by atoms with van der Waals surface area (Å²) in [4.78, 5) is 37.2. The molecule has 0 aromatic heterocycles. The van der Waals surface area contributed by atoms with Crippen LogP contribution >= 0.6 is 11.6 Å². The number of ketones is 2. The highest BCUT2D eigenvalue weighted by atomic mass is 35.5. The predicted octanol–water partition coefficient (Wildman–Crippen LogP) is 4.56. The highest BCUT2D eigenvalue weighted by Gasteiger charge is 2.31. The Kier molecular flexibility index (Phi) is 6.14. The van der Waals surface area contributed by atoms with Crippen LogP contribution in [0.4, 0.5) is 4.39 Å². The molecule has 0 aliphatic carbocycles. The van der Waals surface area contributed by atoms with Crippen LogP contribution in [0.15, 0.2) is 36.4 Å². The maximum atomic E-state index is 14.8. The number of aromatic carboxylic acids is 1.